The third-order valence-electron chi connectivity index (χ3n) is 5.54. The molecule has 2 N–H and O–H groups in total. The Morgan fingerprint density at radius 1 is 1.04 bits per heavy atom. The van der Waals surface area contributed by atoms with Crippen molar-refractivity contribution in [3.63, 3.8) is 0 Å². The number of amides is 1. The lowest BCUT2D eigenvalue weighted by atomic mass is 9.85. The Morgan fingerprint density at radius 3 is 2.38 bits per heavy atom. The maximum Gasteiger partial charge on any atom is 0.235 e. The molecule has 2 aromatic carbocycles. The molecule has 3 heteroatoms. The predicted octanol–water partition coefficient (Wildman–Crippen LogP) is 5.44. The number of H-pyrrole nitrogens is 1. The topological polar surface area (TPSA) is 44.9 Å². The van der Waals surface area contributed by atoms with Crippen LogP contribution in [0.1, 0.15) is 50.4 Å². The maximum absolute atomic E-state index is 13.3. The Hall–Kier alpha value is -2.55. The van der Waals surface area contributed by atoms with Gasteiger partial charge < -0.3 is 10.3 Å². The van der Waals surface area contributed by atoms with Crippen molar-refractivity contribution in [2.75, 3.05) is 5.32 Å². The van der Waals surface area contributed by atoms with Crippen molar-refractivity contribution in [3.8, 4) is 0 Å². The number of carbonyl (C=O) groups excluding carboxylic acids is 1. The highest BCUT2D eigenvalue weighted by Crippen LogP contribution is 2.52. The van der Waals surface area contributed by atoms with Gasteiger partial charge in [0.15, 0.2) is 0 Å². The summed E-state index contributed by atoms with van der Waals surface area (Å²) in [5, 5.41) is 4.42. The number of para-hydroxylation sites is 2. The van der Waals surface area contributed by atoms with Gasteiger partial charge in [-0.3, -0.25) is 4.79 Å². The van der Waals surface area contributed by atoms with Crippen LogP contribution in [-0.4, -0.2) is 10.9 Å². The fourth-order valence-electron chi connectivity index (χ4n) is 4.10. The van der Waals surface area contributed by atoms with Crippen LogP contribution in [0.15, 0.2) is 48.5 Å². The van der Waals surface area contributed by atoms with Gasteiger partial charge >= 0.3 is 0 Å². The number of carbonyl (C=O) groups is 1. The Balaban J connectivity index is 1.72. The summed E-state index contributed by atoms with van der Waals surface area (Å²) < 4.78 is 0. The van der Waals surface area contributed by atoms with Gasteiger partial charge in [-0.25, -0.2) is 0 Å². The molecule has 1 aliphatic carbocycles. The molecule has 0 saturated heterocycles. The van der Waals surface area contributed by atoms with Crippen LogP contribution in [0.2, 0.25) is 0 Å². The molecule has 4 rings (SSSR count). The summed E-state index contributed by atoms with van der Waals surface area (Å²) in [6.45, 7) is 8.60. The van der Waals surface area contributed by atoms with Crippen LogP contribution in [0.4, 0.5) is 5.69 Å². The molecule has 0 atom stereocenters. The highest BCUT2D eigenvalue weighted by Gasteiger charge is 2.53. The van der Waals surface area contributed by atoms with E-state index in [0.717, 1.165) is 29.7 Å². The molecule has 3 nitrogen and oxygen atoms in total. The number of aryl methyl sites for hydroxylation is 1. The Kier molecular flexibility index (Phi) is 3.72. The summed E-state index contributed by atoms with van der Waals surface area (Å²) >= 11 is 0. The van der Waals surface area contributed by atoms with Crippen LogP contribution in [-0.2, 0) is 15.6 Å². The summed E-state index contributed by atoms with van der Waals surface area (Å²) in [6.07, 6.45) is 1.80. The summed E-state index contributed by atoms with van der Waals surface area (Å²) in [6, 6.07) is 16.4. The molecular formula is C23H26N2O. The zero-order chi connectivity index (χ0) is 18.5. The molecule has 1 heterocycles. The number of benzene rings is 2. The predicted molar refractivity (Wildman–Crippen MR) is 108 cm³/mol. The van der Waals surface area contributed by atoms with Crippen molar-refractivity contribution in [3.05, 3.63) is 65.4 Å². The van der Waals surface area contributed by atoms with Crippen LogP contribution in [0.5, 0.6) is 0 Å². The fourth-order valence-corrected chi connectivity index (χ4v) is 4.10. The van der Waals surface area contributed by atoms with Crippen molar-refractivity contribution >= 4 is 22.5 Å². The second-order valence-electron chi connectivity index (χ2n) is 8.50. The van der Waals surface area contributed by atoms with Crippen LogP contribution in [0, 0.1) is 6.92 Å². The number of fused-ring (bicyclic) bond motifs is 1. The summed E-state index contributed by atoms with van der Waals surface area (Å²) in [5.74, 6) is 0.113. The summed E-state index contributed by atoms with van der Waals surface area (Å²) in [7, 11) is 0. The van der Waals surface area contributed by atoms with Gasteiger partial charge in [0, 0.05) is 22.3 Å². The molecule has 26 heavy (non-hydrogen) atoms. The number of nitrogens with one attached hydrogen (secondary N) is 2. The van der Waals surface area contributed by atoms with E-state index in [4.69, 9.17) is 0 Å². The molecule has 1 amide bonds. The molecule has 0 radical (unpaired) electrons. The largest absolute Gasteiger partial charge is 0.358 e. The van der Waals surface area contributed by atoms with Crippen LogP contribution >= 0.6 is 0 Å². The smallest absolute Gasteiger partial charge is 0.235 e. The van der Waals surface area contributed by atoms with Crippen molar-refractivity contribution < 1.29 is 4.79 Å². The van der Waals surface area contributed by atoms with Crippen LogP contribution < -0.4 is 5.32 Å². The third kappa shape index (κ3) is 2.63. The number of aromatic nitrogens is 1. The SMILES string of the molecule is Cc1[nH]c2ccccc2c1C1(C(=O)Nc2ccccc2C(C)(C)C)CC1. The monoisotopic (exact) mass is 346 g/mol. The Bertz CT molecular complexity index is 987. The van der Waals surface area contributed by atoms with E-state index in [0.29, 0.717) is 0 Å². The molecule has 0 bridgehead atoms. The molecule has 0 unspecified atom stereocenters. The molecule has 1 aromatic heterocycles. The number of rotatable bonds is 3. The molecule has 0 spiro atoms. The van der Waals surface area contributed by atoms with Crippen molar-refractivity contribution in [2.24, 2.45) is 0 Å². The molecule has 134 valence electrons. The van der Waals surface area contributed by atoms with Crippen molar-refractivity contribution in [2.45, 2.75) is 51.4 Å². The lowest BCUT2D eigenvalue weighted by Crippen LogP contribution is -2.29. The fraction of sp³-hybridized carbons (Fsp3) is 0.348. The Labute approximate surface area is 154 Å². The van der Waals surface area contributed by atoms with Crippen molar-refractivity contribution in [1.29, 1.82) is 0 Å². The first-order chi connectivity index (χ1) is 12.3. The van der Waals surface area contributed by atoms with Gasteiger partial charge in [-0.05, 0) is 48.4 Å². The van der Waals surface area contributed by atoms with Crippen LogP contribution in [0.25, 0.3) is 10.9 Å². The van der Waals surface area contributed by atoms with Crippen molar-refractivity contribution in [1.82, 2.24) is 4.98 Å². The first-order valence-corrected chi connectivity index (χ1v) is 9.32. The standard InChI is InChI=1S/C23H26N2O/c1-15-20(16-9-5-7-11-18(16)24-15)23(13-14-23)21(26)25-19-12-8-6-10-17(19)22(2,3)4/h5-12,24H,13-14H2,1-4H3,(H,25,26). The highest BCUT2D eigenvalue weighted by molar-refractivity contribution is 6.05. The van der Waals surface area contributed by atoms with E-state index >= 15 is 0 Å². The molecule has 1 aliphatic rings. The molecule has 0 aliphatic heterocycles. The first kappa shape index (κ1) is 16.9. The normalized spacial score (nSPS) is 15.8. The summed E-state index contributed by atoms with van der Waals surface area (Å²) in [5.41, 5.74) is 5.04. The molecule has 1 fully saturated rings. The zero-order valence-electron chi connectivity index (χ0n) is 15.9. The zero-order valence-corrected chi connectivity index (χ0v) is 15.9. The van der Waals surface area contributed by atoms with E-state index in [-0.39, 0.29) is 11.3 Å². The van der Waals surface area contributed by atoms with E-state index in [1.165, 1.54) is 16.5 Å². The number of hydrogen-bond acceptors (Lipinski definition) is 1. The third-order valence-corrected chi connectivity index (χ3v) is 5.54. The highest BCUT2D eigenvalue weighted by atomic mass is 16.2. The second kappa shape index (κ2) is 5.73. The lowest BCUT2D eigenvalue weighted by molar-refractivity contribution is -0.118. The minimum atomic E-state index is -0.408. The minimum absolute atomic E-state index is 0.0166. The van der Waals surface area contributed by atoms with Gasteiger partial charge in [0.05, 0.1) is 5.41 Å². The van der Waals surface area contributed by atoms with Gasteiger partial charge in [0.2, 0.25) is 5.91 Å². The van der Waals surface area contributed by atoms with E-state index in [9.17, 15) is 4.79 Å². The quantitative estimate of drug-likeness (QED) is 0.651. The number of aromatic amines is 1. The minimum Gasteiger partial charge on any atom is -0.358 e. The average Bonchev–Trinajstić information content (AvgIpc) is 3.31. The molecular weight excluding hydrogens is 320 g/mol. The lowest BCUT2D eigenvalue weighted by Gasteiger charge is -2.24. The van der Waals surface area contributed by atoms with Gasteiger partial charge in [0.1, 0.15) is 0 Å². The van der Waals surface area contributed by atoms with E-state index in [1.54, 1.807) is 0 Å². The first-order valence-electron chi connectivity index (χ1n) is 9.32. The second-order valence-corrected chi connectivity index (χ2v) is 8.50. The van der Waals surface area contributed by atoms with E-state index in [1.807, 2.05) is 30.3 Å². The summed E-state index contributed by atoms with van der Waals surface area (Å²) in [4.78, 5) is 16.8. The average molecular weight is 346 g/mol. The van der Waals surface area contributed by atoms with Gasteiger partial charge in [-0.2, -0.15) is 0 Å². The molecule has 1 saturated carbocycles. The number of anilines is 1. The van der Waals surface area contributed by atoms with E-state index < -0.39 is 5.41 Å². The van der Waals surface area contributed by atoms with Gasteiger partial charge in [-0.1, -0.05) is 57.2 Å². The number of hydrogen-bond donors (Lipinski definition) is 2. The van der Waals surface area contributed by atoms with Gasteiger partial charge in [0.25, 0.3) is 0 Å². The van der Waals surface area contributed by atoms with Gasteiger partial charge in [-0.15, -0.1) is 0 Å². The molecule has 3 aromatic rings. The van der Waals surface area contributed by atoms with E-state index in [2.05, 4.69) is 56.2 Å². The van der Waals surface area contributed by atoms with Crippen LogP contribution in [0.3, 0.4) is 0 Å². The Morgan fingerprint density at radius 2 is 1.69 bits per heavy atom. The maximum atomic E-state index is 13.3.